The zero-order valence-corrected chi connectivity index (χ0v) is 13.2. The summed E-state index contributed by atoms with van der Waals surface area (Å²) in [7, 11) is 3.90. The summed E-state index contributed by atoms with van der Waals surface area (Å²) < 4.78 is 5.00. The van der Waals surface area contributed by atoms with Crippen LogP contribution in [0.5, 0.6) is 0 Å². The highest BCUT2D eigenvalue weighted by atomic mass is 16.5. The minimum atomic E-state index is -0.776. The van der Waals surface area contributed by atoms with Crippen LogP contribution < -0.4 is 5.32 Å². The summed E-state index contributed by atoms with van der Waals surface area (Å²) >= 11 is 0. The molecule has 0 fully saturated rings. The number of amides is 1. The van der Waals surface area contributed by atoms with Gasteiger partial charge in [0.05, 0.1) is 6.61 Å². The van der Waals surface area contributed by atoms with Gasteiger partial charge in [-0.2, -0.15) is 0 Å². The first-order valence-electron chi connectivity index (χ1n) is 6.72. The minimum absolute atomic E-state index is 0.215. The molecule has 0 saturated carbocycles. The molecule has 0 aromatic rings. The van der Waals surface area contributed by atoms with Crippen molar-refractivity contribution in [3.05, 3.63) is 0 Å². The Kier molecular flexibility index (Phi) is 7.05. The molecular formula is C14H28N2O3. The summed E-state index contributed by atoms with van der Waals surface area (Å²) in [4.78, 5) is 26.1. The SMILES string of the molecule is CCOC(=O)C(C(=O)NCC(C)N(C)C)C(C)(C)C. The molecule has 0 aromatic heterocycles. The Bertz CT molecular complexity index is 308. The van der Waals surface area contributed by atoms with E-state index in [1.54, 1.807) is 6.92 Å². The maximum absolute atomic E-state index is 12.2. The standard InChI is InChI=1S/C14H28N2O3/c1-8-19-13(18)11(14(3,4)5)12(17)15-9-10(2)16(6)7/h10-11H,8-9H2,1-7H3,(H,15,17). The van der Waals surface area contributed by atoms with Crippen molar-refractivity contribution >= 4 is 11.9 Å². The molecule has 0 saturated heterocycles. The third-order valence-corrected chi connectivity index (χ3v) is 3.10. The van der Waals surface area contributed by atoms with Gasteiger partial charge in [0.1, 0.15) is 5.92 Å². The molecule has 0 heterocycles. The molecule has 5 nitrogen and oxygen atoms in total. The molecule has 0 aliphatic heterocycles. The van der Waals surface area contributed by atoms with Crippen LogP contribution in [0.25, 0.3) is 0 Å². The van der Waals surface area contributed by atoms with Crippen molar-refractivity contribution in [2.75, 3.05) is 27.2 Å². The topological polar surface area (TPSA) is 58.6 Å². The van der Waals surface area contributed by atoms with Crippen molar-refractivity contribution in [1.29, 1.82) is 0 Å². The number of rotatable bonds is 6. The molecule has 19 heavy (non-hydrogen) atoms. The Morgan fingerprint density at radius 1 is 1.26 bits per heavy atom. The van der Waals surface area contributed by atoms with Gasteiger partial charge in [-0.25, -0.2) is 0 Å². The van der Waals surface area contributed by atoms with Crippen LogP contribution in [0.2, 0.25) is 0 Å². The second kappa shape index (κ2) is 7.48. The van der Waals surface area contributed by atoms with Crippen molar-refractivity contribution in [2.45, 2.75) is 40.7 Å². The fraction of sp³-hybridized carbons (Fsp3) is 0.857. The van der Waals surface area contributed by atoms with E-state index in [1.807, 2.05) is 46.7 Å². The molecule has 1 N–H and O–H groups in total. The largest absolute Gasteiger partial charge is 0.465 e. The molecule has 112 valence electrons. The zero-order chi connectivity index (χ0) is 15.2. The van der Waals surface area contributed by atoms with Crippen LogP contribution in [0, 0.1) is 11.3 Å². The van der Waals surface area contributed by atoms with Gasteiger partial charge in [-0.05, 0) is 33.4 Å². The van der Waals surface area contributed by atoms with Gasteiger partial charge in [0.25, 0.3) is 0 Å². The average molecular weight is 272 g/mol. The first kappa shape index (κ1) is 17.9. The predicted molar refractivity (Wildman–Crippen MR) is 75.7 cm³/mol. The number of nitrogens with one attached hydrogen (secondary N) is 1. The fourth-order valence-corrected chi connectivity index (χ4v) is 1.61. The van der Waals surface area contributed by atoms with Crippen LogP contribution in [0.3, 0.4) is 0 Å². The number of carbonyl (C=O) groups is 2. The third kappa shape index (κ3) is 6.05. The van der Waals surface area contributed by atoms with Gasteiger partial charge in [-0.3, -0.25) is 9.59 Å². The Morgan fingerprint density at radius 2 is 1.79 bits per heavy atom. The highest BCUT2D eigenvalue weighted by Gasteiger charge is 2.38. The summed E-state index contributed by atoms with van der Waals surface area (Å²) in [6, 6.07) is 0.215. The molecule has 0 spiro atoms. The van der Waals surface area contributed by atoms with Crippen LogP contribution in [0.4, 0.5) is 0 Å². The number of ether oxygens (including phenoxy) is 1. The van der Waals surface area contributed by atoms with Crippen molar-refractivity contribution in [2.24, 2.45) is 11.3 Å². The van der Waals surface area contributed by atoms with E-state index in [0.717, 1.165) is 0 Å². The van der Waals surface area contributed by atoms with E-state index in [2.05, 4.69) is 5.32 Å². The monoisotopic (exact) mass is 272 g/mol. The van der Waals surface area contributed by atoms with Gasteiger partial charge >= 0.3 is 5.97 Å². The van der Waals surface area contributed by atoms with Gasteiger partial charge in [-0.15, -0.1) is 0 Å². The smallest absolute Gasteiger partial charge is 0.319 e. The first-order valence-corrected chi connectivity index (χ1v) is 6.72. The third-order valence-electron chi connectivity index (χ3n) is 3.10. The number of nitrogens with zero attached hydrogens (tertiary/aromatic N) is 1. The van der Waals surface area contributed by atoms with Crippen molar-refractivity contribution in [1.82, 2.24) is 10.2 Å². The van der Waals surface area contributed by atoms with Crippen LogP contribution in [-0.4, -0.2) is 50.1 Å². The van der Waals surface area contributed by atoms with Gasteiger partial charge in [0.2, 0.25) is 5.91 Å². The highest BCUT2D eigenvalue weighted by molar-refractivity contribution is 5.98. The first-order chi connectivity index (χ1) is 8.61. The molecule has 0 radical (unpaired) electrons. The van der Waals surface area contributed by atoms with Gasteiger partial charge in [0, 0.05) is 12.6 Å². The highest BCUT2D eigenvalue weighted by Crippen LogP contribution is 2.27. The van der Waals surface area contributed by atoms with E-state index in [-0.39, 0.29) is 18.6 Å². The lowest BCUT2D eigenvalue weighted by atomic mass is 9.80. The molecule has 0 aromatic carbocycles. The molecule has 0 aliphatic rings. The van der Waals surface area contributed by atoms with Crippen LogP contribution in [-0.2, 0) is 14.3 Å². The lowest BCUT2D eigenvalue weighted by Gasteiger charge is -2.28. The Hall–Kier alpha value is -1.10. The lowest BCUT2D eigenvalue weighted by Crippen LogP contribution is -2.47. The molecule has 0 rings (SSSR count). The number of likely N-dealkylation sites (N-methyl/N-ethyl adjacent to an activating group) is 1. The quantitative estimate of drug-likeness (QED) is 0.584. The summed E-state index contributed by atoms with van der Waals surface area (Å²) in [5, 5.41) is 2.83. The van der Waals surface area contributed by atoms with Gasteiger partial charge in [-0.1, -0.05) is 20.8 Å². The molecular weight excluding hydrogens is 244 g/mol. The molecule has 0 aliphatic carbocycles. The Balaban J connectivity index is 4.70. The minimum Gasteiger partial charge on any atom is -0.465 e. The lowest BCUT2D eigenvalue weighted by molar-refractivity contribution is -0.156. The predicted octanol–water partition coefficient (Wildman–Crippen LogP) is 1.28. The maximum atomic E-state index is 12.2. The summed E-state index contributed by atoms with van der Waals surface area (Å²) in [6.07, 6.45) is 0. The number of hydrogen-bond acceptors (Lipinski definition) is 4. The van der Waals surface area contributed by atoms with Crippen LogP contribution in [0.15, 0.2) is 0 Å². The summed E-state index contributed by atoms with van der Waals surface area (Å²) in [6.45, 7) is 10.1. The zero-order valence-electron chi connectivity index (χ0n) is 13.2. The van der Waals surface area contributed by atoms with Crippen LogP contribution in [0.1, 0.15) is 34.6 Å². The number of esters is 1. The summed E-state index contributed by atoms with van der Waals surface area (Å²) in [5.74, 6) is -1.49. The maximum Gasteiger partial charge on any atom is 0.319 e. The van der Waals surface area contributed by atoms with Crippen molar-refractivity contribution in [3.8, 4) is 0 Å². The Labute approximate surface area is 116 Å². The van der Waals surface area contributed by atoms with Crippen molar-refractivity contribution in [3.63, 3.8) is 0 Å². The van der Waals surface area contributed by atoms with Gasteiger partial charge < -0.3 is 15.0 Å². The fourth-order valence-electron chi connectivity index (χ4n) is 1.61. The van der Waals surface area contributed by atoms with E-state index in [9.17, 15) is 9.59 Å². The molecule has 0 bridgehead atoms. The van der Waals surface area contributed by atoms with Crippen LogP contribution >= 0.6 is 0 Å². The molecule has 2 atom stereocenters. The molecule has 1 amide bonds. The second-order valence-electron chi connectivity index (χ2n) is 6.11. The Morgan fingerprint density at radius 3 is 2.16 bits per heavy atom. The van der Waals surface area contributed by atoms with E-state index >= 15 is 0 Å². The van der Waals surface area contributed by atoms with Gasteiger partial charge in [0.15, 0.2) is 0 Å². The average Bonchev–Trinajstić information content (AvgIpc) is 2.24. The van der Waals surface area contributed by atoms with E-state index < -0.39 is 17.3 Å². The number of hydrogen-bond donors (Lipinski definition) is 1. The van der Waals surface area contributed by atoms with E-state index in [1.165, 1.54) is 0 Å². The number of carbonyl (C=O) groups excluding carboxylic acids is 2. The molecule has 5 heteroatoms. The van der Waals surface area contributed by atoms with E-state index in [4.69, 9.17) is 4.74 Å². The summed E-state index contributed by atoms with van der Waals surface area (Å²) in [5.41, 5.74) is -0.461. The normalized spacial score (nSPS) is 14.9. The van der Waals surface area contributed by atoms with Crippen molar-refractivity contribution < 1.29 is 14.3 Å². The second-order valence-corrected chi connectivity index (χ2v) is 6.11. The molecule has 2 unspecified atom stereocenters. The van der Waals surface area contributed by atoms with E-state index in [0.29, 0.717) is 6.54 Å².